The van der Waals surface area contributed by atoms with E-state index < -0.39 is 0 Å². The molecule has 10 aromatic carbocycles. The lowest BCUT2D eigenvalue weighted by molar-refractivity contribution is 0.627. The van der Waals surface area contributed by atoms with Crippen molar-refractivity contribution in [1.29, 1.82) is 0 Å². The number of hydrogen-bond acceptors (Lipinski definition) is 4. The zero-order chi connectivity index (χ0) is 38.5. The maximum Gasteiger partial charge on any atom is 0.159 e. The van der Waals surface area contributed by atoms with Crippen LogP contribution in [0.5, 0.6) is 0 Å². The fourth-order valence-corrected chi connectivity index (χ4v) is 8.97. The second-order valence-corrected chi connectivity index (χ2v) is 14.7. The molecule has 0 aliphatic carbocycles. The van der Waals surface area contributed by atoms with E-state index in [4.69, 9.17) is 8.83 Å². The quantitative estimate of drug-likeness (QED) is 0.158. The smallest absolute Gasteiger partial charge is 0.159 e. The van der Waals surface area contributed by atoms with Gasteiger partial charge in [-0.25, -0.2) is 8.78 Å². The summed E-state index contributed by atoms with van der Waals surface area (Å²) in [4.78, 5) is 4.34. The van der Waals surface area contributed by atoms with Crippen LogP contribution in [0.25, 0.3) is 76.2 Å². The summed E-state index contributed by atoms with van der Waals surface area (Å²) in [5.74, 6) is -0.616. The van der Waals surface area contributed by atoms with Gasteiger partial charge in [-0.05, 0) is 106 Å². The van der Waals surface area contributed by atoms with E-state index in [1.807, 2.05) is 72.8 Å². The topological polar surface area (TPSA) is 32.8 Å². The van der Waals surface area contributed by atoms with Crippen molar-refractivity contribution in [1.82, 2.24) is 0 Å². The molecule has 58 heavy (non-hydrogen) atoms. The Kier molecular flexibility index (Phi) is 6.96. The largest absolute Gasteiger partial charge is 0.454 e. The van der Waals surface area contributed by atoms with Crippen LogP contribution in [0, 0.1) is 11.6 Å². The summed E-state index contributed by atoms with van der Waals surface area (Å²) < 4.78 is 42.2. The van der Waals surface area contributed by atoms with Gasteiger partial charge in [0.05, 0.1) is 22.7 Å². The van der Waals surface area contributed by atoms with Gasteiger partial charge in [0.1, 0.15) is 22.8 Å². The summed E-state index contributed by atoms with van der Waals surface area (Å²) in [5.41, 5.74) is 8.23. The second-order valence-electron chi connectivity index (χ2n) is 14.7. The lowest BCUT2D eigenvalue weighted by atomic mass is 9.91. The van der Waals surface area contributed by atoms with Crippen LogP contribution in [0.1, 0.15) is 0 Å². The Morgan fingerprint density at radius 3 is 1.16 bits per heavy atom. The zero-order valence-electron chi connectivity index (χ0n) is 30.8. The molecule has 0 N–H and O–H groups in total. The van der Waals surface area contributed by atoms with Crippen molar-refractivity contribution >= 4 is 110 Å². The van der Waals surface area contributed by atoms with Gasteiger partial charge >= 0.3 is 0 Å². The number of rotatable bonds is 6. The minimum Gasteiger partial charge on any atom is -0.454 e. The Morgan fingerprint density at radius 2 is 0.707 bits per heavy atom. The first-order chi connectivity index (χ1) is 28.6. The number of benzene rings is 10. The van der Waals surface area contributed by atoms with Gasteiger partial charge in [-0.1, -0.05) is 97.1 Å². The first kappa shape index (κ1) is 32.5. The van der Waals surface area contributed by atoms with Crippen LogP contribution < -0.4 is 9.80 Å². The van der Waals surface area contributed by atoms with Crippen LogP contribution in [0.4, 0.5) is 42.9 Å². The highest BCUT2D eigenvalue weighted by molar-refractivity contribution is 6.28. The van der Waals surface area contributed by atoms with Crippen LogP contribution in [-0.2, 0) is 0 Å². The lowest BCUT2D eigenvalue weighted by Gasteiger charge is -2.29. The summed E-state index contributed by atoms with van der Waals surface area (Å²) in [6, 6.07) is 59.0. The minimum atomic E-state index is -0.308. The fraction of sp³-hybridized carbons (Fsp3) is 0. The van der Waals surface area contributed by atoms with Crippen LogP contribution in [0.3, 0.4) is 0 Å². The van der Waals surface area contributed by atoms with Crippen molar-refractivity contribution in [3.63, 3.8) is 0 Å². The molecule has 0 fully saturated rings. The van der Waals surface area contributed by atoms with Crippen LogP contribution >= 0.6 is 0 Å². The third kappa shape index (κ3) is 4.78. The second kappa shape index (κ2) is 12.4. The van der Waals surface area contributed by atoms with Gasteiger partial charge in [-0.3, -0.25) is 0 Å². The number of hydrogen-bond donors (Lipinski definition) is 0. The molecule has 0 bridgehead atoms. The zero-order valence-corrected chi connectivity index (χ0v) is 30.8. The molecule has 0 unspecified atom stereocenters. The summed E-state index contributed by atoms with van der Waals surface area (Å²) in [7, 11) is 0. The molecule has 2 heterocycles. The highest BCUT2D eigenvalue weighted by atomic mass is 19.1. The average Bonchev–Trinajstić information content (AvgIpc) is 3.85. The van der Waals surface area contributed by atoms with E-state index in [1.165, 1.54) is 24.3 Å². The van der Waals surface area contributed by atoms with E-state index in [0.29, 0.717) is 0 Å². The summed E-state index contributed by atoms with van der Waals surface area (Å²) in [6.45, 7) is 0. The predicted molar refractivity (Wildman–Crippen MR) is 234 cm³/mol. The first-order valence-electron chi connectivity index (χ1n) is 19.2. The van der Waals surface area contributed by atoms with Crippen molar-refractivity contribution < 1.29 is 17.6 Å². The molecule has 0 aliphatic rings. The highest BCUT2D eigenvalue weighted by Gasteiger charge is 2.25. The molecule has 274 valence electrons. The third-order valence-corrected chi connectivity index (χ3v) is 11.5. The maximum atomic E-state index is 14.5. The number of nitrogens with zero attached hydrogens (tertiary/aromatic N) is 2. The maximum absolute atomic E-state index is 14.5. The summed E-state index contributed by atoms with van der Waals surface area (Å²) >= 11 is 0. The van der Waals surface area contributed by atoms with E-state index in [2.05, 4.69) is 94.7 Å². The lowest BCUT2D eigenvalue weighted by Crippen LogP contribution is -2.12. The van der Waals surface area contributed by atoms with Crippen molar-refractivity contribution in [2.75, 3.05) is 9.80 Å². The fourth-order valence-electron chi connectivity index (χ4n) is 8.97. The monoisotopic (exact) mass is 752 g/mol. The number of anilines is 6. The SMILES string of the molecule is Fc1ccc(N(c2ccc3ccc4ccc(N(c5ccc(F)cc5)c5cccc6c5oc5ccccc56)c5ccc2c3c45)c2cccc3c2oc2ccccc23)cc1. The van der Waals surface area contributed by atoms with Crippen molar-refractivity contribution in [2.24, 2.45) is 0 Å². The molecule has 4 nitrogen and oxygen atoms in total. The van der Waals surface area contributed by atoms with E-state index in [-0.39, 0.29) is 11.6 Å². The van der Waals surface area contributed by atoms with E-state index in [9.17, 15) is 8.78 Å². The molecular weight excluding hydrogens is 723 g/mol. The Labute approximate surface area is 330 Å². The first-order valence-corrected chi connectivity index (χ1v) is 19.2. The molecule has 12 rings (SSSR count). The van der Waals surface area contributed by atoms with Gasteiger partial charge in [0.25, 0.3) is 0 Å². The standard InChI is InChI=1S/C52H30F2N2O2/c53-33-19-23-35(24-20-33)55(45-11-5-9-39-37-7-1-3-13-47(37)57-51(39)45)43-29-17-31-15-16-32-18-30-44(42-28-27-41(43)49(31)50(32)42)56(36-25-21-34(54)22-26-36)46-12-6-10-40-38-8-2-4-14-48(38)58-52(40)46/h1-30H. The average molecular weight is 753 g/mol. The molecule has 0 radical (unpaired) electrons. The van der Waals surface area contributed by atoms with Crippen LogP contribution in [-0.4, -0.2) is 0 Å². The molecule has 6 heteroatoms. The molecular formula is C52H30F2N2O2. The molecule has 0 saturated heterocycles. The molecule has 0 amide bonds. The number of para-hydroxylation sites is 4. The molecule has 12 aromatic rings. The summed E-state index contributed by atoms with van der Waals surface area (Å²) in [6.07, 6.45) is 0. The highest BCUT2D eigenvalue weighted by Crippen LogP contribution is 2.50. The number of furan rings is 2. The Morgan fingerprint density at radius 1 is 0.310 bits per heavy atom. The van der Waals surface area contributed by atoms with E-state index >= 15 is 0 Å². The van der Waals surface area contributed by atoms with Gasteiger partial charge < -0.3 is 18.6 Å². The van der Waals surface area contributed by atoms with Crippen molar-refractivity contribution in [2.45, 2.75) is 0 Å². The van der Waals surface area contributed by atoms with E-state index in [0.717, 1.165) is 110 Å². The minimum absolute atomic E-state index is 0.308. The van der Waals surface area contributed by atoms with E-state index in [1.54, 1.807) is 0 Å². The molecule has 0 atom stereocenters. The molecule has 0 aliphatic heterocycles. The summed E-state index contributed by atoms with van der Waals surface area (Å²) in [5, 5.41) is 10.5. The predicted octanol–water partition coefficient (Wildman–Crippen LogP) is 15.6. The Hall–Kier alpha value is -7.70. The van der Waals surface area contributed by atoms with Gasteiger partial charge in [-0.2, -0.15) is 0 Å². The van der Waals surface area contributed by atoms with Crippen LogP contribution in [0.15, 0.2) is 191 Å². The van der Waals surface area contributed by atoms with Gasteiger partial charge in [0.2, 0.25) is 0 Å². The Balaban J connectivity index is 1.13. The molecule has 2 aromatic heterocycles. The van der Waals surface area contributed by atoms with Crippen molar-refractivity contribution in [3.8, 4) is 0 Å². The van der Waals surface area contributed by atoms with Gasteiger partial charge in [-0.15, -0.1) is 0 Å². The number of halogens is 2. The van der Waals surface area contributed by atoms with Gasteiger partial charge in [0, 0.05) is 43.7 Å². The van der Waals surface area contributed by atoms with Gasteiger partial charge in [0.15, 0.2) is 11.2 Å². The molecule has 0 spiro atoms. The Bertz CT molecular complexity index is 3320. The van der Waals surface area contributed by atoms with Crippen LogP contribution in [0.2, 0.25) is 0 Å². The normalized spacial score (nSPS) is 12.0. The third-order valence-electron chi connectivity index (χ3n) is 11.5. The molecule has 0 saturated carbocycles. The van der Waals surface area contributed by atoms with Crippen molar-refractivity contribution in [3.05, 3.63) is 194 Å². The number of fused-ring (bicyclic) bond motifs is 6.